The molecule has 18 heteroatoms. The third-order valence-electron chi connectivity index (χ3n) is 26.6. The molecule has 0 aliphatic carbocycles. The predicted octanol–water partition coefficient (Wildman–Crippen LogP) is 42.5. The number of carbonyl (C=O) groups excluding carboxylic acids is 2. The minimum absolute atomic E-state index is 0.0808. The highest BCUT2D eigenvalue weighted by molar-refractivity contribution is 8.41. The predicted molar refractivity (Wildman–Crippen MR) is 607 cm³/mol. The van der Waals surface area contributed by atoms with E-state index in [0.29, 0.717) is 28.6 Å². The Labute approximate surface area is 848 Å². The molecule has 1 aromatic carbocycles. The van der Waals surface area contributed by atoms with E-state index in [1.54, 1.807) is 23.5 Å². The maximum atomic E-state index is 13.7. The van der Waals surface area contributed by atoms with Gasteiger partial charge in [-0.1, -0.05) is 337 Å². The van der Waals surface area contributed by atoms with E-state index in [9.17, 15) is 9.59 Å². The molecule has 10 aromatic heterocycles. The van der Waals surface area contributed by atoms with Crippen molar-refractivity contribution < 1.29 is 14.3 Å². The average molecular weight is 2020 g/mol. The van der Waals surface area contributed by atoms with Gasteiger partial charge in [0.05, 0.1) is 16.4 Å². The molecule has 0 N–H and O–H groups in total. The number of amides is 2. The summed E-state index contributed by atoms with van der Waals surface area (Å²) in [7, 11) is 0. The van der Waals surface area contributed by atoms with Crippen LogP contribution in [-0.2, 0) is 52.9 Å². The van der Waals surface area contributed by atoms with Crippen LogP contribution in [-0.4, -0.2) is 33.8 Å². The number of aliphatic imine (C=N–C) groups is 2. The Morgan fingerprint density at radius 1 is 0.318 bits per heavy atom. The summed E-state index contributed by atoms with van der Waals surface area (Å²) in [5.41, 5.74) is 8.68. The second-order valence-corrected chi connectivity index (χ2v) is 51.6. The monoisotopic (exact) mass is 2010 g/mol. The first-order valence-corrected chi connectivity index (χ1v) is 62.9. The zero-order valence-electron chi connectivity index (χ0n) is 81.6. The summed E-state index contributed by atoms with van der Waals surface area (Å²) in [6, 6.07) is 35.4. The highest BCUT2D eigenvalue weighted by Crippen LogP contribution is 2.58. The first-order valence-electron chi connectivity index (χ1n) is 52.1. The summed E-state index contributed by atoms with van der Waals surface area (Å²) in [5.74, 6) is 2.11. The summed E-state index contributed by atoms with van der Waals surface area (Å²) in [4.78, 5) is 62.5. The fraction of sp³-hybridized carbons (Fsp3) is 0.561. The maximum absolute atomic E-state index is 13.7. The van der Waals surface area contributed by atoms with E-state index in [4.69, 9.17) is 4.74 Å². The third kappa shape index (κ3) is 30.4. The minimum atomic E-state index is -0.183. The smallest absolute Gasteiger partial charge is 0.287 e. The topological polar surface area (TPSA) is 68.1 Å². The first kappa shape index (κ1) is 105. The number of aryl methyl sites for hydroxylation is 4. The van der Waals surface area contributed by atoms with Crippen LogP contribution in [0.1, 0.15) is 394 Å². The second kappa shape index (κ2) is 56.9. The Balaban J connectivity index is 0.910. The van der Waals surface area contributed by atoms with Crippen LogP contribution in [0.3, 0.4) is 0 Å². The summed E-state index contributed by atoms with van der Waals surface area (Å²) in [6.45, 7) is 24.0. The van der Waals surface area contributed by atoms with Crippen molar-refractivity contribution in [2.75, 3.05) is 12.4 Å². The van der Waals surface area contributed by atoms with E-state index in [1.165, 1.54) is 411 Å². The van der Waals surface area contributed by atoms with Gasteiger partial charge in [0, 0.05) is 125 Å². The van der Waals surface area contributed by atoms with Crippen molar-refractivity contribution in [3.05, 3.63) is 137 Å². The SMILES string of the molecule is CCCCCCCCOC1=NC(=O)/C(=C/c2cc(CCCCCCCC)c(-c3ccc(-c4sc(-c5cc6c(-c7ccc(CC(CC)CCCC)s7)c7sc(-c8cc(CCCCCCCC)c(-c9ccc(-c%10sc(/C=C%11\SC(SCCCCCCCC)=NC%11=O)cc%10CCCCCCCC)s9)s8)cc7c(-c7ccc(CC(CC)CCCC)s7)c6s5)cc4CCCCCCCC)s3)s2)S1. The number of hydrogen-bond acceptors (Lipinski definition) is 16. The molecule has 0 bridgehead atoms. The van der Waals surface area contributed by atoms with Crippen LogP contribution < -0.4 is 0 Å². The number of unbranched alkanes of at least 4 members (excludes halogenated alkanes) is 32. The molecule has 5 nitrogen and oxygen atoms in total. The van der Waals surface area contributed by atoms with Crippen LogP contribution in [0.2, 0.25) is 0 Å². The summed E-state index contributed by atoms with van der Waals surface area (Å²) < 4.78 is 9.91. The molecule has 11 aromatic rings. The van der Waals surface area contributed by atoms with Crippen molar-refractivity contribution in [3.8, 4) is 79.4 Å². The standard InChI is InChI=1S/C114H152N2O3S13/c1-11-21-29-35-41-47-55-81-71-87(75-101-111(117)115-113(131-101)119-67-51-45-39-33-25-15-5)123-105(81)93-63-65-95(125-93)107-83(57-49-43-37-31-23-13-3)73-97(127-107)99-77-89-103(91-61-59-85(121-91)69-79(19-9)53-27-17-7)110-90(104(109(89)129-99)92-62-60-86(122-92)70-80(20-10)54-28-18-8)78-100(130-110)98-74-84(58-50-44-38-32-24-14-4)108(128-98)96-66-64-94(126-96)106-82(56-48-42-36-30-22-12-2)72-88(124-106)76-102-112(118)116-114(132-102)120-68-52-46-40-34-26-16-6/h59-66,71-80H,11-58,67-70H2,1-10H3/b101-75-,102-76-. The van der Waals surface area contributed by atoms with Gasteiger partial charge in [0.25, 0.3) is 17.0 Å². The summed E-state index contributed by atoms with van der Waals surface area (Å²) in [5, 5.41) is 3.31. The van der Waals surface area contributed by atoms with Crippen molar-refractivity contribution in [2.45, 2.75) is 390 Å². The van der Waals surface area contributed by atoms with E-state index < -0.39 is 0 Å². The van der Waals surface area contributed by atoms with Crippen LogP contribution in [0.4, 0.5) is 0 Å². The van der Waals surface area contributed by atoms with Gasteiger partial charge in [-0.25, -0.2) is 0 Å². The Hall–Kier alpha value is -4.25. The van der Waals surface area contributed by atoms with E-state index in [-0.39, 0.29) is 11.8 Å². The Bertz CT molecular complexity index is 5090. The van der Waals surface area contributed by atoms with E-state index in [2.05, 4.69) is 233 Å². The van der Waals surface area contributed by atoms with Crippen LogP contribution in [0.5, 0.6) is 0 Å². The number of hydrogen-bond donors (Lipinski definition) is 0. The Morgan fingerprint density at radius 3 is 1.06 bits per heavy atom. The Kier molecular flexibility index (Phi) is 45.3. The molecule has 2 amide bonds. The summed E-state index contributed by atoms with van der Waals surface area (Å²) >= 11 is 24.9. The first-order chi connectivity index (χ1) is 64.8. The zero-order chi connectivity index (χ0) is 92.2. The van der Waals surface area contributed by atoms with Crippen molar-refractivity contribution in [2.24, 2.45) is 21.8 Å². The number of rotatable bonds is 64. The normalized spacial score (nSPS) is 14.3. The molecule has 0 fully saturated rings. The van der Waals surface area contributed by atoms with Gasteiger partial charge in [-0.05, 0) is 220 Å². The lowest BCUT2D eigenvalue weighted by atomic mass is 9.95. The number of nitrogens with zero attached hydrogens (tertiary/aromatic N) is 2. The lowest BCUT2D eigenvalue weighted by Gasteiger charge is -2.13. The number of benzene rings is 1. The van der Waals surface area contributed by atoms with Gasteiger partial charge >= 0.3 is 0 Å². The van der Waals surface area contributed by atoms with Gasteiger partial charge < -0.3 is 4.74 Å². The zero-order valence-corrected chi connectivity index (χ0v) is 92.2. The van der Waals surface area contributed by atoms with Crippen molar-refractivity contribution in [1.29, 1.82) is 0 Å². The van der Waals surface area contributed by atoms with Gasteiger partial charge in [0.15, 0.2) is 0 Å². The van der Waals surface area contributed by atoms with Crippen molar-refractivity contribution in [1.82, 2.24) is 0 Å². The van der Waals surface area contributed by atoms with Crippen molar-refractivity contribution in [3.63, 3.8) is 0 Å². The molecule has 2 unspecified atom stereocenters. The van der Waals surface area contributed by atoms with Crippen LogP contribution >= 0.6 is 149 Å². The molecular weight excluding hydrogens is 1860 g/mol. The highest BCUT2D eigenvalue weighted by Gasteiger charge is 2.31. The Morgan fingerprint density at radius 2 is 0.659 bits per heavy atom. The molecule has 13 rings (SSSR count). The van der Waals surface area contributed by atoms with Gasteiger partial charge in [0.1, 0.15) is 4.38 Å². The molecule has 2 atom stereocenters. The van der Waals surface area contributed by atoms with Gasteiger partial charge in [-0.15, -0.1) is 113 Å². The molecule has 2 aliphatic heterocycles. The average Bonchev–Trinajstić information content (AvgIpc) is 1.56. The minimum Gasteiger partial charge on any atom is -0.472 e. The lowest BCUT2D eigenvalue weighted by molar-refractivity contribution is -0.114. The lowest BCUT2D eigenvalue weighted by Crippen LogP contribution is -2.01. The molecule has 0 radical (unpaired) electrons. The fourth-order valence-electron chi connectivity index (χ4n) is 18.7. The molecule has 0 saturated carbocycles. The largest absolute Gasteiger partial charge is 0.472 e. The molecule has 132 heavy (non-hydrogen) atoms. The van der Waals surface area contributed by atoms with E-state index in [0.717, 1.165) is 77.7 Å². The number of carbonyl (C=O) groups is 2. The van der Waals surface area contributed by atoms with Gasteiger partial charge in [0.2, 0.25) is 0 Å². The number of ether oxygens (including phenoxy) is 1. The maximum Gasteiger partial charge on any atom is 0.287 e. The van der Waals surface area contributed by atoms with Gasteiger partial charge in [-0.3, -0.25) is 9.59 Å². The van der Waals surface area contributed by atoms with Crippen LogP contribution in [0.15, 0.2) is 105 Å². The number of fused-ring (bicyclic) bond motifs is 2. The van der Waals surface area contributed by atoms with Gasteiger partial charge in [-0.2, -0.15) is 9.98 Å². The number of thioether (sulfide) groups is 3. The van der Waals surface area contributed by atoms with Crippen LogP contribution in [0.25, 0.3) is 112 Å². The molecule has 0 saturated heterocycles. The molecular formula is C114H152N2O3S13. The molecule has 0 spiro atoms. The second-order valence-electron chi connectivity index (χ2n) is 37.4. The molecule has 12 heterocycles. The van der Waals surface area contributed by atoms with Crippen LogP contribution in [0, 0.1) is 11.8 Å². The third-order valence-corrected chi connectivity index (χ3v) is 42.1. The fourth-order valence-corrected chi connectivity index (χ4v) is 34.1. The highest BCUT2D eigenvalue weighted by atomic mass is 32.2. The molecule has 2 aliphatic rings. The quantitative estimate of drug-likeness (QED) is 0.0279. The van der Waals surface area contributed by atoms with E-state index in [1.807, 2.05) is 56.7 Å². The van der Waals surface area contributed by atoms with E-state index >= 15 is 0 Å². The van der Waals surface area contributed by atoms with Crippen molar-refractivity contribution >= 4 is 202 Å². The number of thiophene rings is 10. The summed E-state index contributed by atoms with van der Waals surface area (Å²) in [6.07, 6.45) is 65.9. The molecule has 714 valence electrons.